The van der Waals surface area contributed by atoms with Crippen LogP contribution in [0.4, 0.5) is 0 Å². The summed E-state index contributed by atoms with van der Waals surface area (Å²) in [4.78, 5) is 16.8. The molecule has 26 heavy (non-hydrogen) atoms. The van der Waals surface area contributed by atoms with E-state index in [9.17, 15) is 4.79 Å². The number of hydrogen-bond acceptors (Lipinski definition) is 4. The first kappa shape index (κ1) is 18.3. The van der Waals surface area contributed by atoms with Crippen LogP contribution in [0.5, 0.6) is 0 Å². The monoisotopic (exact) mass is 368 g/mol. The average Bonchev–Trinajstić information content (AvgIpc) is 3.20. The van der Waals surface area contributed by atoms with Crippen molar-refractivity contribution in [3.8, 4) is 11.3 Å². The van der Waals surface area contributed by atoms with Gasteiger partial charge < -0.3 is 5.32 Å². The molecule has 0 saturated carbocycles. The topological polar surface area (TPSA) is 59.8 Å². The minimum atomic E-state index is 0.0764. The zero-order chi connectivity index (χ0) is 18.5. The Hall–Kier alpha value is -2.47. The molecule has 0 aliphatic heterocycles. The molecule has 0 radical (unpaired) electrons. The molecule has 3 aromatic rings. The normalized spacial score (nSPS) is 10.9. The van der Waals surface area contributed by atoms with E-state index in [1.807, 2.05) is 43.8 Å². The van der Waals surface area contributed by atoms with Gasteiger partial charge in [0.05, 0.1) is 16.4 Å². The smallest absolute Gasteiger partial charge is 0.220 e. The highest BCUT2D eigenvalue weighted by atomic mass is 32.1. The molecule has 0 aliphatic carbocycles. The molecular weight excluding hydrogens is 344 g/mol. The van der Waals surface area contributed by atoms with E-state index in [1.54, 1.807) is 11.3 Å². The molecule has 0 bridgehead atoms. The summed E-state index contributed by atoms with van der Waals surface area (Å²) in [7, 11) is 1.93. The number of nitrogens with one attached hydrogen (secondary N) is 1. The lowest BCUT2D eigenvalue weighted by Gasteiger charge is -2.05. The fourth-order valence-corrected chi connectivity index (χ4v) is 3.79. The maximum atomic E-state index is 12.1. The van der Waals surface area contributed by atoms with Gasteiger partial charge in [0.15, 0.2) is 0 Å². The van der Waals surface area contributed by atoms with E-state index in [2.05, 4.69) is 32.9 Å². The standard InChI is InChI=1S/C20H24N4OS/c1-14-17(15(2)24(3)23-14)9-10-19(25)21-12-11-20-22-18(13-26-20)16-7-5-4-6-8-16/h4-8,13H,9-12H2,1-3H3,(H,21,25). The zero-order valence-corrected chi connectivity index (χ0v) is 16.3. The summed E-state index contributed by atoms with van der Waals surface area (Å²) >= 11 is 1.64. The first-order chi connectivity index (χ1) is 12.5. The lowest BCUT2D eigenvalue weighted by atomic mass is 10.1. The SMILES string of the molecule is Cc1nn(C)c(C)c1CCC(=O)NCCc1nc(-c2ccccc2)cs1. The van der Waals surface area contributed by atoms with Crippen LogP contribution in [-0.4, -0.2) is 27.2 Å². The third-order valence-electron chi connectivity index (χ3n) is 4.54. The molecule has 0 atom stereocenters. The first-order valence-corrected chi connectivity index (χ1v) is 9.68. The zero-order valence-electron chi connectivity index (χ0n) is 15.5. The van der Waals surface area contributed by atoms with Crippen LogP contribution in [-0.2, 0) is 24.7 Å². The van der Waals surface area contributed by atoms with Crippen LogP contribution in [0.1, 0.15) is 28.4 Å². The molecule has 5 nitrogen and oxygen atoms in total. The Kier molecular flexibility index (Phi) is 5.83. The summed E-state index contributed by atoms with van der Waals surface area (Å²) in [5, 5.41) is 10.5. The lowest BCUT2D eigenvalue weighted by molar-refractivity contribution is -0.121. The summed E-state index contributed by atoms with van der Waals surface area (Å²) in [5.41, 5.74) is 5.44. The Morgan fingerprint density at radius 1 is 1.19 bits per heavy atom. The number of hydrogen-bond donors (Lipinski definition) is 1. The number of aryl methyl sites for hydroxylation is 2. The fraction of sp³-hybridized carbons (Fsp3) is 0.350. The van der Waals surface area contributed by atoms with E-state index in [0.29, 0.717) is 13.0 Å². The van der Waals surface area contributed by atoms with Gasteiger partial charge in [-0.1, -0.05) is 30.3 Å². The second-order valence-corrected chi connectivity index (χ2v) is 7.31. The van der Waals surface area contributed by atoms with Crippen LogP contribution in [0.3, 0.4) is 0 Å². The second kappa shape index (κ2) is 8.27. The van der Waals surface area contributed by atoms with Gasteiger partial charge in [0.1, 0.15) is 0 Å². The molecule has 0 saturated heterocycles. The minimum Gasteiger partial charge on any atom is -0.356 e. The third kappa shape index (κ3) is 4.38. The molecule has 2 heterocycles. The lowest BCUT2D eigenvalue weighted by Crippen LogP contribution is -2.26. The molecule has 0 spiro atoms. The van der Waals surface area contributed by atoms with Gasteiger partial charge >= 0.3 is 0 Å². The van der Waals surface area contributed by atoms with Crippen molar-refractivity contribution < 1.29 is 4.79 Å². The molecule has 1 aromatic carbocycles. The highest BCUT2D eigenvalue weighted by Gasteiger charge is 2.11. The summed E-state index contributed by atoms with van der Waals surface area (Å²) in [6, 6.07) is 10.1. The van der Waals surface area contributed by atoms with Gasteiger partial charge in [-0.25, -0.2) is 4.98 Å². The minimum absolute atomic E-state index is 0.0764. The van der Waals surface area contributed by atoms with E-state index >= 15 is 0 Å². The molecule has 1 N–H and O–H groups in total. The van der Waals surface area contributed by atoms with Gasteiger partial charge in [-0.3, -0.25) is 9.48 Å². The first-order valence-electron chi connectivity index (χ1n) is 8.80. The van der Waals surface area contributed by atoms with Crippen LogP contribution >= 0.6 is 11.3 Å². The van der Waals surface area contributed by atoms with E-state index < -0.39 is 0 Å². The average molecular weight is 369 g/mol. The van der Waals surface area contributed by atoms with Crippen molar-refractivity contribution in [1.29, 1.82) is 0 Å². The van der Waals surface area contributed by atoms with Crippen LogP contribution in [0.25, 0.3) is 11.3 Å². The quantitative estimate of drug-likeness (QED) is 0.695. The maximum absolute atomic E-state index is 12.1. The maximum Gasteiger partial charge on any atom is 0.220 e. The van der Waals surface area contributed by atoms with E-state index in [1.165, 1.54) is 5.56 Å². The summed E-state index contributed by atoms with van der Waals surface area (Å²) in [6.07, 6.45) is 1.97. The molecule has 1 amide bonds. The van der Waals surface area contributed by atoms with Gasteiger partial charge in [0.25, 0.3) is 0 Å². The number of amides is 1. The summed E-state index contributed by atoms with van der Waals surface area (Å²) in [6.45, 7) is 4.65. The molecule has 0 aliphatic rings. The van der Waals surface area contributed by atoms with E-state index in [0.717, 1.165) is 40.5 Å². The highest BCUT2D eigenvalue weighted by molar-refractivity contribution is 7.09. The van der Waals surface area contributed by atoms with Crippen molar-refractivity contribution >= 4 is 17.2 Å². The van der Waals surface area contributed by atoms with Crippen molar-refractivity contribution in [2.75, 3.05) is 6.54 Å². The molecule has 0 fully saturated rings. The molecule has 0 unspecified atom stereocenters. The molecule has 2 aromatic heterocycles. The predicted octanol–water partition coefficient (Wildman–Crippen LogP) is 3.45. The van der Waals surface area contributed by atoms with Crippen LogP contribution in [0, 0.1) is 13.8 Å². The summed E-state index contributed by atoms with van der Waals surface area (Å²) < 4.78 is 1.87. The number of carbonyl (C=O) groups excluding carboxylic acids is 1. The number of carbonyl (C=O) groups is 1. The van der Waals surface area contributed by atoms with Crippen molar-refractivity contribution in [1.82, 2.24) is 20.1 Å². The third-order valence-corrected chi connectivity index (χ3v) is 5.45. The van der Waals surface area contributed by atoms with Gasteiger partial charge in [-0.2, -0.15) is 5.10 Å². The molecule has 6 heteroatoms. The second-order valence-electron chi connectivity index (χ2n) is 6.37. The predicted molar refractivity (Wildman–Crippen MR) is 105 cm³/mol. The largest absolute Gasteiger partial charge is 0.356 e. The Labute approximate surface area is 158 Å². The number of rotatable bonds is 7. The van der Waals surface area contributed by atoms with Crippen LogP contribution in [0.15, 0.2) is 35.7 Å². The van der Waals surface area contributed by atoms with Crippen LogP contribution in [0.2, 0.25) is 0 Å². The number of aromatic nitrogens is 3. The van der Waals surface area contributed by atoms with Crippen LogP contribution < -0.4 is 5.32 Å². The number of nitrogens with zero attached hydrogens (tertiary/aromatic N) is 3. The van der Waals surface area contributed by atoms with Crippen molar-refractivity contribution in [3.05, 3.63) is 57.7 Å². The van der Waals surface area contributed by atoms with E-state index in [4.69, 9.17) is 0 Å². The Bertz CT molecular complexity index is 883. The molecule has 3 rings (SSSR count). The van der Waals surface area contributed by atoms with Gasteiger partial charge in [-0.05, 0) is 25.8 Å². The van der Waals surface area contributed by atoms with Gasteiger partial charge in [0.2, 0.25) is 5.91 Å². The molecular formula is C20H24N4OS. The van der Waals surface area contributed by atoms with Crippen molar-refractivity contribution in [3.63, 3.8) is 0 Å². The summed E-state index contributed by atoms with van der Waals surface area (Å²) in [5.74, 6) is 0.0764. The fourth-order valence-electron chi connectivity index (χ4n) is 2.98. The number of benzene rings is 1. The van der Waals surface area contributed by atoms with Crippen molar-refractivity contribution in [2.45, 2.75) is 33.1 Å². The number of thiazole rings is 1. The molecule has 136 valence electrons. The Balaban J connectivity index is 1.45. The van der Waals surface area contributed by atoms with Crippen molar-refractivity contribution in [2.24, 2.45) is 7.05 Å². The Morgan fingerprint density at radius 3 is 2.65 bits per heavy atom. The Morgan fingerprint density at radius 2 is 1.96 bits per heavy atom. The van der Waals surface area contributed by atoms with Gasteiger partial charge in [0, 0.05) is 43.1 Å². The van der Waals surface area contributed by atoms with E-state index in [-0.39, 0.29) is 5.91 Å². The highest BCUT2D eigenvalue weighted by Crippen LogP contribution is 2.21. The van der Waals surface area contributed by atoms with Gasteiger partial charge in [-0.15, -0.1) is 11.3 Å².